The number of benzene rings is 1. The summed E-state index contributed by atoms with van der Waals surface area (Å²) in [6, 6.07) is 6.32. The third-order valence-corrected chi connectivity index (χ3v) is 5.57. The topological polar surface area (TPSA) is 38.3 Å². The van der Waals surface area contributed by atoms with Gasteiger partial charge in [-0.3, -0.25) is 4.79 Å². The predicted octanol–water partition coefficient (Wildman–Crippen LogP) is 3.41. The Kier molecular flexibility index (Phi) is 4.86. The van der Waals surface area contributed by atoms with Gasteiger partial charge in [-0.25, -0.2) is 0 Å². The molecule has 3 rings (SSSR count). The summed E-state index contributed by atoms with van der Waals surface area (Å²) in [5.41, 5.74) is 3.77. The number of amides is 1. The third-order valence-electron chi connectivity index (χ3n) is 4.29. The van der Waals surface area contributed by atoms with Crippen molar-refractivity contribution in [2.24, 2.45) is 0 Å². The van der Waals surface area contributed by atoms with E-state index in [0.29, 0.717) is 6.10 Å². The number of ether oxygens (including phenoxy) is 1. The standard InChI is InChI=1S/C17H23NO2S/c1-12(21-11-16-6-3-9-20-16)17(19)18-15-8-7-13-4-2-5-14(13)10-15/h7-8,10,12,16H,2-6,9,11H2,1H3,(H,18,19)/t12-,16+/m1/s1. The molecule has 0 bridgehead atoms. The van der Waals surface area contributed by atoms with E-state index in [-0.39, 0.29) is 11.2 Å². The Bertz CT molecular complexity index is 512. The number of nitrogens with one attached hydrogen (secondary N) is 1. The van der Waals surface area contributed by atoms with E-state index in [9.17, 15) is 4.79 Å². The highest BCUT2D eigenvalue weighted by Crippen LogP contribution is 2.26. The van der Waals surface area contributed by atoms with Crippen LogP contribution in [0.5, 0.6) is 0 Å². The molecule has 0 radical (unpaired) electrons. The average Bonchev–Trinajstić information content (AvgIpc) is 3.15. The lowest BCUT2D eigenvalue weighted by Gasteiger charge is -2.15. The Morgan fingerprint density at radius 1 is 1.38 bits per heavy atom. The summed E-state index contributed by atoms with van der Waals surface area (Å²) >= 11 is 1.69. The fraction of sp³-hybridized carbons (Fsp3) is 0.588. The smallest absolute Gasteiger partial charge is 0.237 e. The minimum Gasteiger partial charge on any atom is -0.377 e. The molecule has 0 spiro atoms. The maximum absolute atomic E-state index is 12.2. The number of carbonyl (C=O) groups is 1. The molecular weight excluding hydrogens is 282 g/mol. The Hall–Kier alpha value is -1.00. The molecule has 0 aromatic heterocycles. The largest absolute Gasteiger partial charge is 0.377 e. The van der Waals surface area contributed by atoms with E-state index in [1.165, 1.54) is 24.0 Å². The zero-order chi connectivity index (χ0) is 14.7. The van der Waals surface area contributed by atoms with Crippen LogP contribution in [0, 0.1) is 0 Å². The van der Waals surface area contributed by atoms with E-state index in [1.54, 1.807) is 11.8 Å². The van der Waals surface area contributed by atoms with Crippen LogP contribution in [0.1, 0.15) is 37.3 Å². The van der Waals surface area contributed by atoms with Gasteiger partial charge in [0.15, 0.2) is 0 Å². The van der Waals surface area contributed by atoms with Crippen molar-refractivity contribution in [2.45, 2.75) is 50.4 Å². The fourth-order valence-corrected chi connectivity index (χ4v) is 3.97. The van der Waals surface area contributed by atoms with Crippen molar-refractivity contribution < 1.29 is 9.53 Å². The Morgan fingerprint density at radius 2 is 2.24 bits per heavy atom. The summed E-state index contributed by atoms with van der Waals surface area (Å²) in [5.74, 6) is 1.01. The molecule has 1 amide bonds. The summed E-state index contributed by atoms with van der Waals surface area (Å²) in [7, 11) is 0. The third kappa shape index (κ3) is 3.80. The molecule has 21 heavy (non-hydrogen) atoms. The van der Waals surface area contributed by atoms with Gasteiger partial charge in [-0.05, 0) is 62.3 Å². The fourth-order valence-electron chi connectivity index (χ4n) is 3.00. The van der Waals surface area contributed by atoms with Crippen LogP contribution in [-0.2, 0) is 22.4 Å². The second-order valence-corrected chi connectivity index (χ2v) is 7.31. The highest BCUT2D eigenvalue weighted by atomic mass is 32.2. The van der Waals surface area contributed by atoms with Gasteiger partial charge in [0.25, 0.3) is 0 Å². The lowest BCUT2D eigenvalue weighted by molar-refractivity contribution is -0.115. The number of hydrogen-bond acceptors (Lipinski definition) is 3. The number of hydrogen-bond donors (Lipinski definition) is 1. The van der Waals surface area contributed by atoms with Crippen molar-refractivity contribution in [2.75, 3.05) is 17.7 Å². The second kappa shape index (κ2) is 6.84. The SMILES string of the molecule is C[C@@H](SC[C@@H]1CCCO1)C(=O)Nc1ccc2c(c1)CCC2. The zero-order valence-corrected chi connectivity index (χ0v) is 13.4. The van der Waals surface area contributed by atoms with Gasteiger partial charge in [-0.1, -0.05) is 6.07 Å². The number of anilines is 1. The van der Waals surface area contributed by atoms with Crippen molar-refractivity contribution >= 4 is 23.4 Å². The minimum absolute atomic E-state index is 0.0394. The molecule has 1 aromatic carbocycles. The normalized spacial score (nSPS) is 22.0. The maximum Gasteiger partial charge on any atom is 0.237 e. The summed E-state index contributed by atoms with van der Waals surface area (Å²) in [4.78, 5) is 12.2. The van der Waals surface area contributed by atoms with Crippen LogP contribution in [0.4, 0.5) is 5.69 Å². The molecule has 1 heterocycles. The Morgan fingerprint density at radius 3 is 3.05 bits per heavy atom. The van der Waals surface area contributed by atoms with Crippen LogP contribution in [0.15, 0.2) is 18.2 Å². The van der Waals surface area contributed by atoms with Crippen LogP contribution in [0.2, 0.25) is 0 Å². The lowest BCUT2D eigenvalue weighted by Crippen LogP contribution is -2.24. The van der Waals surface area contributed by atoms with Crippen LogP contribution in [-0.4, -0.2) is 29.6 Å². The van der Waals surface area contributed by atoms with Crippen LogP contribution in [0.25, 0.3) is 0 Å². The summed E-state index contributed by atoms with van der Waals surface area (Å²) < 4.78 is 5.60. The van der Waals surface area contributed by atoms with Gasteiger partial charge in [0.05, 0.1) is 11.4 Å². The molecule has 2 atom stereocenters. The zero-order valence-electron chi connectivity index (χ0n) is 12.6. The first-order chi connectivity index (χ1) is 10.2. The number of fused-ring (bicyclic) bond motifs is 1. The molecule has 1 aliphatic heterocycles. The maximum atomic E-state index is 12.2. The predicted molar refractivity (Wildman–Crippen MR) is 88.0 cm³/mol. The van der Waals surface area contributed by atoms with E-state index >= 15 is 0 Å². The first kappa shape index (κ1) is 14.9. The van der Waals surface area contributed by atoms with Gasteiger partial charge < -0.3 is 10.1 Å². The number of rotatable bonds is 5. The summed E-state index contributed by atoms with van der Waals surface area (Å²) in [6.45, 7) is 2.85. The molecule has 1 N–H and O–H groups in total. The first-order valence-corrected chi connectivity index (χ1v) is 8.93. The molecule has 1 aromatic rings. The van der Waals surface area contributed by atoms with E-state index in [4.69, 9.17) is 4.74 Å². The molecule has 0 unspecified atom stereocenters. The molecule has 1 saturated heterocycles. The van der Waals surface area contributed by atoms with Crippen molar-refractivity contribution in [3.8, 4) is 0 Å². The molecule has 3 nitrogen and oxygen atoms in total. The van der Waals surface area contributed by atoms with Crippen LogP contribution in [0.3, 0.4) is 0 Å². The van der Waals surface area contributed by atoms with E-state index in [1.807, 2.05) is 13.0 Å². The van der Waals surface area contributed by atoms with Crippen molar-refractivity contribution in [1.82, 2.24) is 0 Å². The molecule has 0 saturated carbocycles. The monoisotopic (exact) mass is 305 g/mol. The van der Waals surface area contributed by atoms with Gasteiger partial charge in [0.1, 0.15) is 0 Å². The van der Waals surface area contributed by atoms with Crippen molar-refractivity contribution in [3.63, 3.8) is 0 Å². The highest BCUT2D eigenvalue weighted by Gasteiger charge is 2.20. The average molecular weight is 305 g/mol. The van der Waals surface area contributed by atoms with E-state index < -0.39 is 0 Å². The van der Waals surface area contributed by atoms with Crippen molar-refractivity contribution in [1.29, 1.82) is 0 Å². The Labute approximate surface area is 130 Å². The van der Waals surface area contributed by atoms with Gasteiger partial charge >= 0.3 is 0 Å². The highest BCUT2D eigenvalue weighted by molar-refractivity contribution is 8.00. The molecule has 1 fully saturated rings. The Balaban J connectivity index is 1.50. The summed E-state index contributed by atoms with van der Waals surface area (Å²) in [6.07, 6.45) is 6.18. The van der Waals surface area contributed by atoms with E-state index in [0.717, 1.165) is 37.3 Å². The molecule has 2 aliphatic rings. The lowest BCUT2D eigenvalue weighted by atomic mass is 10.1. The molecule has 114 valence electrons. The summed E-state index contributed by atoms with van der Waals surface area (Å²) in [5, 5.41) is 3.01. The number of carbonyl (C=O) groups excluding carboxylic acids is 1. The van der Waals surface area contributed by atoms with Gasteiger partial charge in [-0.2, -0.15) is 0 Å². The number of thioether (sulfide) groups is 1. The van der Waals surface area contributed by atoms with Gasteiger partial charge in [0.2, 0.25) is 5.91 Å². The molecule has 1 aliphatic carbocycles. The quantitative estimate of drug-likeness (QED) is 0.906. The van der Waals surface area contributed by atoms with Gasteiger partial charge in [0, 0.05) is 18.0 Å². The van der Waals surface area contributed by atoms with Crippen molar-refractivity contribution in [3.05, 3.63) is 29.3 Å². The van der Waals surface area contributed by atoms with E-state index in [2.05, 4.69) is 17.4 Å². The van der Waals surface area contributed by atoms with Gasteiger partial charge in [-0.15, -0.1) is 11.8 Å². The number of aryl methyl sites for hydroxylation is 2. The van der Waals surface area contributed by atoms with Crippen LogP contribution < -0.4 is 5.32 Å². The first-order valence-electron chi connectivity index (χ1n) is 7.88. The molecule has 4 heteroatoms. The molecular formula is C17H23NO2S. The minimum atomic E-state index is -0.0394. The second-order valence-electron chi connectivity index (χ2n) is 5.94. The van der Waals surface area contributed by atoms with Crippen LogP contribution >= 0.6 is 11.8 Å².